The normalized spacial score (nSPS) is 13.6. The minimum atomic E-state index is -4.36. The van der Waals surface area contributed by atoms with E-state index in [9.17, 15) is 19.0 Å². The number of phosphoric ester groups is 1. The standard InChI is InChI=1S/C42H84NO8P/c1-6-8-10-12-14-16-18-19-20-21-22-23-25-27-29-31-33-35-42(45)51-40(39-50-52(46,47)49-37-36-43(3,4)5)38-48-41(44)34-32-30-28-26-24-17-15-13-11-9-7-2/h40H,6-39H2,1-5H3/p+1/t40-/m1/s1. The zero-order valence-electron chi connectivity index (χ0n) is 34.8. The van der Waals surface area contributed by atoms with Gasteiger partial charge >= 0.3 is 19.8 Å². The molecule has 0 spiro atoms. The molecule has 0 aliphatic carbocycles. The van der Waals surface area contributed by atoms with Crippen molar-refractivity contribution in [2.24, 2.45) is 0 Å². The predicted molar refractivity (Wildman–Crippen MR) is 215 cm³/mol. The van der Waals surface area contributed by atoms with E-state index in [0.717, 1.165) is 38.5 Å². The molecule has 0 saturated carbocycles. The van der Waals surface area contributed by atoms with Crippen molar-refractivity contribution in [2.45, 2.75) is 213 Å². The van der Waals surface area contributed by atoms with Crippen molar-refractivity contribution in [3.05, 3.63) is 0 Å². The van der Waals surface area contributed by atoms with E-state index in [1.165, 1.54) is 141 Å². The average Bonchev–Trinajstić information content (AvgIpc) is 3.09. The molecule has 9 nitrogen and oxygen atoms in total. The van der Waals surface area contributed by atoms with Crippen LogP contribution < -0.4 is 0 Å². The number of likely N-dealkylation sites (N-methyl/N-ethyl adjacent to an activating group) is 1. The molecule has 1 unspecified atom stereocenters. The molecule has 0 amide bonds. The van der Waals surface area contributed by atoms with Crippen molar-refractivity contribution in [3.8, 4) is 0 Å². The number of phosphoric acid groups is 1. The van der Waals surface area contributed by atoms with Gasteiger partial charge in [-0.05, 0) is 12.8 Å². The highest BCUT2D eigenvalue weighted by atomic mass is 31.2. The molecule has 52 heavy (non-hydrogen) atoms. The third-order valence-electron chi connectivity index (χ3n) is 9.64. The summed E-state index contributed by atoms with van der Waals surface area (Å²) in [6.07, 6.45) is 34.3. The number of carbonyl (C=O) groups excluding carboxylic acids is 2. The van der Waals surface area contributed by atoms with Gasteiger partial charge in [-0.15, -0.1) is 0 Å². The van der Waals surface area contributed by atoms with Crippen LogP contribution in [-0.4, -0.2) is 74.9 Å². The Labute approximate surface area is 321 Å². The van der Waals surface area contributed by atoms with Gasteiger partial charge in [-0.25, -0.2) is 4.57 Å². The van der Waals surface area contributed by atoms with Crippen LogP contribution in [0.5, 0.6) is 0 Å². The van der Waals surface area contributed by atoms with Crippen LogP contribution in [0, 0.1) is 0 Å². The second-order valence-corrected chi connectivity index (χ2v) is 17.6. The SMILES string of the molecule is CCCCCCCCCCCCCCCCCCCC(=O)O[C@H](COC(=O)CCCCCCCCCCCCC)COP(=O)(O)OCC[N+](C)(C)C. The first-order valence-electron chi connectivity index (χ1n) is 21.8. The van der Waals surface area contributed by atoms with E-state index in [1.807, 2.05) is 21.1 Å². The summed E-state index contributed by atoms with van der Waals surface area (Å²) in [5.74, 6) is -0.786. The summed E-state index contributed by atoms with van der Waals surface area (Å²) in [5, 5.41) is 0. The molecule has 2 atom stereocenters. The first-order valence-corrected chi connectivity index (χ1v) is 23.3. The Bertz CT molecular complexity index is 865. The van der Waals surface area contributed by atoms with Crippen molar-refractivity contribution in [2.75, 3.05) is 47.5 Å². The third-order valence-corrected chi connectivity index (χ3v) is 10.6. The first kappa shape index (κ1) is 51.0. The number of carbonyl (C=O) groups is 2. The van der Waals surface area contributed by atoms with Crippen LogP contribution in [-0.2, 0) is 32.7 Å². The lowest BCUT2D eigenvalue weighted by atomic mass is 10.0. The van der Waals surface area contributed by atoms with Crippen molar-refractivity contribution < 1.29 is 42.1 Å². The van der Waals surface area contributed by atoms with Crippen LogP contribution in [0.1, 0.15) is 206 Å². The van der Waals surface area contributed by atoms with E-state index in [1.54, 1.807) is 0 Å². The molecule has 0 radical (unpaired) electrons. The fraction of sp³-hybridized carbons (Fsp3) is 0.952. The van der Waals surface area contributed by atoms with E-state index in [-0.39, 0.29) is 25.6 Å². The third kappa shape index (κ3) is 38.7. The highest BCUT2D eigenvalue weighted by molar-refractivity contribution is 7.47. The molecule has 0 aliphatic heterocycles. The number of hydrogen-bond acceptors (Lipinski definition) is 7. The maximum Gasteiger partial charge on any atom is 0.472 e. The Morgan fingerprint density at radius 3 is 1.23 bits per heavy atom. The lowest BCUT2D eigenvalue weighted by Gasteiger charge is -2.24. The molecule has 0 saturated heterocycles. The van der Waals surface area contributed by atoms with E-state index in [0.29, 0.717) is 17.4 Å². The Morgan fingerprint density at radius 2 is 0.865 bits per heavy atom. The summed E-state index contributed by atoms with van der Waals surface area (Å²) in [6.45, 7) is 4.44. The van der Waals surface area contributed by atoms with Gasteiger partial charge in [0.15, 0.2) is 6.10 Å². The van der Waals surface area contributed by atoms with Crippen LogP contribution in [0.15, 0.2) is 0 Å². The summed E-state index contributed by atoms with van der Waals surface area (Å²) in [5.41, 5.74) is 0. The molecule has 0 aromatic heterocycles. The lowest BCUT2D eigenvalue weighted by molar-refractivity contribution is -0.870. The molecule has 1 N–H and O–H groups in total. The van der Waals surface area contributed by atoms with Gasteiger partial charge in [0.1, 0.15) is 19.8 Å². The quantitative estimate of drug-likeness (QED) is 0.0284. The molecule has 0 aromatic carbocycles. The molecule has 0 aromatic rings. The highest BCUT2D eigenvalue weighted by Crippen LogP contribution is 2.43. The topological polar surface area (TPSA) is 108 Å². The average molecular weight is 763 g/mol. The number of quaternary nitrogens is 1. The Hall–Kier alpha value is -0.990. The lowest BCUT2D eigenvalue weighted by Crippen LogP contribution is -2.37. The predicted octanol–water partition coefficient (Wildman–Crippen LogP) is 12.0. The van der Waals surface area contributed by atoms with Crippen molar-refractivity contribution >= 4 is 19.8 Å². The summed E-state index contributed by atoms with van der Waals surface area (Å²) >= 11 is 0. The van der Waals surface area contributed by atoms with Crippen LogP contribution in [0.4, 0.5) is 0 Å². The Kier molecular flexibility index (Phi) is 35.0. The fourth-order valence-electron chi connectivity index (χ4n) is 6.19. The number of unbranched alkanes of at least 4 members (excludes halogenated alkanes) is 26. The van der Waals surface area contributed by atoms with Gasteiger partial charge < -0.3 is 18.9 Å². The van der Waals surface area contributed by atoms with E-state index in [2.05, 4.69) is 13.8 Å². The van der Waals surface area contributed by atoms with Gasteiger partial charge in [0, 0.05) is 12.8 Å². The second kappa shape index (κ2) is 35.7. The highest BCUT2D eigenvalue weighted by Gasteiger charge is 2.27. The van der Waals surface area contributed by atoms with Gasteiger partial charge in [0.05, 0.1) is 27.7 Å². The van der Waals surface area contributed by atoms with E-state index in [4.69, 9.17) is 18.5 Å². The summed E-state index contributed by atoms with van der Waals surface area (Å²) < 4.78 is 34.3. The molecule has 310 valence electrons. The maximum absolute atomic E-state index is 12.7. The molecule has 10 heteroatoms. The molecular weight excluding hydrogens is 677 g/mol. The number of nitrogens with zero attached hydrogens (tertiary/aromatic N) is 1. The minimum absolute atomic E-state index is 0.0367. The summed E-state index contributed by atoms with van der Waals surface area (Å²) in [6, 6.07) is 0. The Morgan fingerprint density at radius 1 is 0.519 bits per heavy atom. The molecular formula is C42H85NO8P+. The van der Waals surface area contributed by atoms with Crippen LogP contribution in [0.3, 0.4) is 0 Å². The van der Waals surface area contributed by atoms with Crippen LogP contribution in [0.25, 0.3) is 0 Å². The minimum Gasteiger partial charge on any atom is -0.462 e. The molecule has 0 aliphatic rings. The number of hydrogen-bond donors (Lipinski definition) is 1. The van der Waals surface area contributed by atoms with Gasteiger partial charge in [-0.1, -0.05) is 181 Å². The van der Waals surface area contributed by atoms with E-state index >= 15 is 0 Å². The fourth-order valence-corrected chi connectivity index (χ4v) is 6.93. The molecule has 0 bridgehead atoms. The maximum atomic E-state index is 12.7. The largest absolute Gasteiger partial charge is 0.472 e. The van der Waals surface area contributed by atoms with Crippen LogP contribution in [0.2, 0.25) is 0 Å². The van der Waals surface area contributed by atoms with Gasteiger partial charge in [-0.2, -0.15) is 0 Å². The second-order valence-electron chi connectivity index (χ2n) is 16.1. The number of esters is 2. The summed E-state index contributed by atoms with van der Waals surface area (Å²) in [7, 11) is 1.49. The smallest absolute Gasteiger partial charge is 0.462 e. The van der Waals surface area contributed by atoms with Gasteiger partial charge in [0.2, 0.25) is 0 Å². The first-order chi connectivity index (χ1) is 25.0. The van der Waals surface area contributed by atoms with Crippen molar-refractivity contribution in [3.63, 3.8) is 0 Å². The monoisotopic (exact) mass is 763 g/mol. The molecule has 0 rings (SSSR count). The number of ether oxygens (including phenoxy) is 2. The number of rotatable bonds is 40. The zero-order valence-corrected chi connectivity index (χ0v) is 35.7. The van der Waals surface area contributed by atoms with Crippen molar-refractivity contribution in [1.82, 2.24) is 0 Å². The molecule has 0 fully saturated rings. The summed E-state index contributed by atoms with van der Waals surface area (Å²) in [4.78, 5) is 35.3. The van der Waals surface area contributed by atoms with Gasteiger partial charge in [-0.3, -0.25) is 18.6 Å². The van der Waals surface area contributed by atoms with Crippen molar-refractivity contribution in [1.29, 1.82) is 0 Å². The molecule has 0 heterocycles. The Balaban J connectivity index is 4.30. The van der Waals surface area contributed by atoms with Crippen LogP contribution >= 0.6 is 7.82 Å². The zero-order chi connectivity index (χ0) is 38.6. The van der Waals surface area contributed by atoms with Gasteiger partial charge in [0.25, 0.3) is 0 Å². The van der Waals surface area contributed by atoms with E-state index < -0.39 is 26.5 Å².